The van der Waals surface area contributed by atoms with E-state index in [1.54, 1.807) is 24.3 Å². The van der Waals surface area contributed by atoms with Crippen molar-refractivity contribution in [2.45, 2.75) is 39.2 Å². The molecular formula is C19H26N6O2. The molecule has 0 radical (unpaired) electrons. The van der Waals surface area contributed by atoms with Gasteiger partial charge in [-0.25, -0.2) is 4.68 Å². The van der Waals surface area contributed by atoms with Crippen LogP contribution in [0.25, 0.3) is 0 Å². The number of benzene rings is 1. The van der Waals surface area contributed by atoms with Crippen LogP contribution in [0, 0.1) is 6.92 Å². The standard InChI is InChI=1S/C19H26N6O2/c1-3-9-21-18(26)14-5-4-6-15(12-14)22-19(27)17-13(2)25(24-23-17)16-7-10-20-11-8-16/h4-6,12,16,20H,3,7-11H2,1-2H3,(H,21,26)(H,22,27). The van der Waals surface area contributed by atoms with Crippen LogP contribution < -0.4 is 16.0 Å². The van der Waals surface area contributed by atoms with Gasteiger partial charge >= 0.3 is 0 Å². The van der Waals surface area contributed by atoms with Gasteiger partial charge in [0.2, 0.25) is 0 Å². The highest BCUT2D eigenvalue weighted by molar-refractivity contribution is 6.04. The van der Waals surface area contributed by atoms with E-state index in [9.17, 15) is 9.59 Å². The predicted molar refractivity (Wildman–Crippen MR) is 103 cm³/mol. The number of amides is 2. The summed E-state index contributed by atoms with van der Waals surface area (Å²) in [6, 6.07) is 7.15. The zero-order valence-corrected chi connectivity index (χ0v) is 15.8. The van der Waals surface area contributed by atoms with Crippen LogP contribution >= 0.6 is 0 Å². The fourth-order valence-corrected chi connectivity index (χ4v) is 3.22. The second kappa shape index (κ2) is 8.77. The predicted octanol–water partition coefficient (Wildman–Crippen LogP) is 1.90. The third kappa shape index (κ3) is 4.51. The molecule has 1 aliphatic heterocycles. The topological polar surface area (TPSA) is 101 Å². The number of piperidine rings is 1. The first-order valence-electron chi connectivity index (χ1n) is 9.42. The van der Waals surface area contributed by atoms with Crippen molar-refractivity contribution >= 4 is 17.5 Å². The van der Waals surface area contributed by atoms with Crippen LogP contribution in [0.4, 0.5) is 5.69 Å². The molecule has 27 heavy (non-hydrogen) atoms. The van der Waals surface area contributed by atoms with Crippen LogP contribution in [0.15, 0.2) is 24.3 Å². The van der Waals surface area contributed by atoms with Crippen LogP contribution in [0.5, 0.6) is 0 Å². The van der Waals surface area contributed by atoms with Gasteiger partial charge < -0.3 is 16.0 Å². The van der Waals surface area contributed by atoms with Crippen LogP contribution in [0.2, 0.25) is 0 Å². The van der Waals surface area contributed by atoms with E-state index in [4.69, 9.17) is 0 Å². The highest BCUT2D eigenvalue weighted by Gasteiger charge is 2.23. The Labute approximate surface area is 158 Å². The summed E-state index contributed by atoms with van der Waals surface area (Å²) in [5.74, 6) is -0.472. The minimum atomic E-state index is -0.321. The maximum Gasteiger partial charge on any atom is 0.278 e. The molecule has 1 aromatic heterocycles. The third-order valence-electron chi connectivity index (χ3n) is 4.72. The molecular weight excluding hydrogens is 344 g/mol. The first-order valence-corrected chi connectivity index (χ1v) is 9.42. The zero-order chi connectivity index (χ0) is 19.2. The number of anilines is 1. The first-order chi connectivity index (χ1) is 13.1. The van der Waals surface area contributed by atoms with Crippen LogP contribution in [0.1, 0.15) is 58.8 Å². The summed E-state index contributed by atoms with van der Waals surface area (Å²) in [6.45, 7) is 6.37. The lowest BCUT2D eigenvalue weighted by Crippen LogP contribution is -2.30. The van der Waals surface area contributed by atoms with Gasteiger partial charge in [-0.2, -0.15) is 0 Å². The molecule has 8 nitrogen and oxygen atoms in total. The minimum Gasteiger partial charge on any atom is -0.352 e. The van der Waals surface area contributed by atoms with Crippen molar-refractivity contribution in [1.82, 2.24) is 25.6 Å². The minimum absolute atomic E-state index is 0.152. The molecule has 0 atom stereocenters. The molecule has 3 N–H and O–H groups in total. The number of hydrogen-bond donors (Lipinski definition) is 3. The van der Waals surface area contributed by atoms with Gasteiger partial charge in [-0.05, 0) is 57.5 Å². The second-order valence-electron chi connectivity index (χ2n) is 6.74. The van der Waals surface area contributed by atoms with Gasteiger partial charge in [0.05, 0.1) is 11.7 Å². The second-order valence-corrected chi connectivity index (χ2v) is 6.74. The number of carbonyl (C=O) groups excluding carboxylic acids is 2. The van der Waals surface area contributed by atoms with E-state index in [2.05, 4.69) is 26.3 Å². The van der Waals surface area contributed by atoms with Gasteiger partial charge in [0.15, 0.2) is 5.69 Å². The molecule has 2 heterocycles. The molecule has 1 fully saturated rings. The van der Waals surface area contributed by atoms with E-state index in [-0.39, 0.29) is 17.9 Å². The van der Waals surface area contributed by atoms with Crippen molar-refractivity contribution in [3.05, 3.63) is 41.2 Å². The van der Waals surface area contributed by atoms with E-state index in [1.807, 2.05) is 18.5 Å². The summed E-state index contributed by atoms with van der Waals surface area (Å²) in [5.41, 5.74) is 2.14. The van der Waals surface area contributed by atoms with Crippen molar-refractivity contribution in [3.63, 3.8) is 0 Å². The van der Waals surface area contributed by atoms with Crippen LogP contribution in [0.3, 0.4) is 0 Å². The van der Waals surface area contributed by atoms with E-state index in [0.29, 0.717) is 23.5 Å². The van der Waals surface area contributed by atoms with Gasteiger partial charge in [-0.15, -0.1) is 5.10 Å². The molecule has 8 heteroatoms. The molecule has 1 saturated heterocycles. The Balaban J connectivity index is 1.70. The van der Waals surface area contributed by atoms with Gasteiger partial charge in [-0.3, -0.25) is 9.59 Å². The summed E-state index contributed by atoms with van der Waals surface area (Å²) >= 11 is 0. The molecule has 0 unspecified atom stereocenters. The molecule has 0 aliphatic carbocycles. The van der Waals surface area contributed by atoms with Crippen molar-refractivity contribution in [2.24, 2.45) is 0 Å². The third-order valence-corrected chi connectivity index (χ3v) is 4.72. The lowest BCUT2D eigenvalue weighted by molar-refractivity contribution is 0.0952. The number of nitrogens with zero attached hydrogens (tertiary/aromatic N) is 3. The summed E-state index contributed by atoms with van der Waals surface area (Å²) < 4.78 is 1.85. The molecule has 3 rings (SSSR count). The van der Waals surface area contributed by atoms with E-state index in [1.165, 1.54) is 0 Å². The van der Waals surface area contributed by atoms with E-state index < -0.39 is 0 Å². The van der Waals surface area contributed by atoms with Crippen molar-refractivity contribution < 1.29 is 9.59 Å². The SMILES string of the molecule is CCCNC(=O)c1cccc(NC(=O)c2nnn(C3CCNCC3)c2C)c1. The molecule has 0 spiro atoms. The fourth-order valence-electron chi connectivity index (χ4n) is 3.22. The van der Waals surface area contributed by atoms with Crippen molar-refractivity contribution in [1.29, 1.82) is 0 Å². The summed E-state index contributed by atoms with van der Waals surface area (Å²) in [5, 5.41) is 17.2. The number of aromatic nitrogens is 3. The monoisotopic (exact) mass is 370 g/mol. The number of rotatable bonds is 6. The normalized spacial score (nSPS) is 14.7. The lowest BCUT2D eigenvalue weighted by Gasteiger charge is -2.23. The Hall–Kier alpha value is -2.74. The number of nitrogens with one attached hydrogen (secondary N) is 3. The molecule has 0 saturated carbocycles. The Morgan fingerprint density at radius 2 is 2.04 bits per heavy atom. The summed E-state index contributed by atoms with van der Waals surface area (Å²) in [6.07, 6.45) is 2.81. The van der Waals surface area contributed by atoms with Crippen molar-refractivity contribution in [3.8, 4) is 0 Å². The van der Waals surface area contributed by atoms with Gasteiger partial charge in [0.25, 0.3) is 11.8 Å². The maximum atomic E-state index is 12.6. The molecule has 1 aliphatic rings. The molecule has 2 aromatic rings. The fraction of sp³-hybridized carbons (Fsp3) is 0.474. The molecule has 2 amide bonds. The zero-order valence-electron chi connectivity index (χ0n) is 15.8. The quantitative estimate of drug-likeness (QED) is 0.721. The molecule has 144 valence electrons. The average Bonchev–Trinajstić information content (AvgIpc) is 3.08. The van der Waals surface area contributed by atoms with Gasteiger partial charge in [0.1, 0.15) is 0 Å². The molecule has 0 bridgehead atoms. The average molecular weight is 370 g/mol. The smallest absolute Gasteiger partial charge is 0.278 e. The van der Waals surface area contributed by atoms with E-state index in [0.717, 1.165) is 38.0 Å². The maximum absolute atomic E-state index is 12.6. The lowest BCUT2D eigenvalue weighted by atomic mass is 10.1. The van der Waals surface area contributed by atoms with E-state index >= 15 is 0 Å². The Morgan fingerprint density at radius 1 is 1.26 bits per heavy atom. The molecule has 1 aromatic carbocycles. The largest absolute Gasteiger partial charge is 0.352 e. The number of carbonyl (C=O) groups is 2. The van der Waals surface area contributed by atoms with Gasteiger partial charge in [-0.1, -0.05) is 18.2 Å². The summed E-state index contributed by atoms with van der Waals surface area (Å²) in [4.78, 5) is 24.7. The van der Waals surface area contributed by atoms with Crippen LogP contribution in [-0.2, 0) is 0 Å². The van der Waals surface area contributed by atoms with Crippen molar-refractivity contribution in [2.75, 3.05) is 25.0 Å². The van der Waals surface area contributed by atoms with Gasteiger partial charge in [0, 0.05) is 17.8 Å². The highest BCUT2D eigenvalue weighted by atomic mass is 16.2. The summed E-state index contributed by atoms with van der Waals surface area (Å²) in [7, 11) is 0. The highest BCUT2D eigenvalue weighted by Crippen LogP contribution is 2.21. The Kier molecular flexibility index (Phi) is 6.18. The van der Waals surface area contributed by atoms with Crippen LogP contribution in [-0.4, -0.2) is 46.4 Å². The Morgan fingerprint density at radius 3 is 2.78 bits per heavy atom. The Bertz CT molecular complexity index is 810. The number of hydrogen-bond acceptors (Lipinski definition) is 5. The first kappa shape index (κ1) is 19.0.